The molecule has 3 heterocycles. The van der Waals surface area contributed by atoms with E-state index in [1.165, 1.54) is 30.5 Å². The van der Waals surface area contributed by atoms with E-state index < -0.39 is 26.6 Å². The van der Waals surface area contributed by atoms with Gasteiger partial charge in [-0.15, -0.1) is 0 Å². The molecular weight excluding hydrogens is 512 g/mol. The van der Waals surface area contributed by atoms with Crippen LogP contribution in [0.25, 0.3) is 0 Å². The van der Waals surface area contributed by atoms with Crippen molar-refractivity contribution < 1.29 is 22.9 Å². The molecule has 0 radical (unpaired) electrons. The molecule has 0 spiro atoms. The average Bonchev–Trinajstić information content (AvgIpc) is 2.84. The summed E-state index contributed by atoms with van der Waals surface area (Å²) in [5.74, 6) is -0.547. The molecule has 36 heavy (non-hydrogen) atoms. The number of nitrogens with one attached hydrogen (secondary N) is 1. The first-order valence-electron chi connectivity index (χ1n) is 10.8. The standard InChI is InChI=1S/C22H21ClN6O6S/c1-36(33,34)16-6-4-14(5-7-16)27-20-18(29(31)32)21(26-13-25-20)35-15-8-11-28(12-9-15)22(30)17-3-2-10-24-19(17)23/h2-7,10,13,15H,8-9,11-12H2,1H3,(H,25,26,27). The average molecular weight is 533 g/mol. The van der Waals surface area contributed by atoms with Crippen LogP contribution in [0.4, 0.5) is 17.2 Å². The van der Waals surface area contributed by atoms with Crippen molar-refractivity contribution in [2.75, 3.05) is 24.7 Å². The number of hydrogen-bond acceptors (Lipinski definition) is 10. The molecule has 1 aliphatic heterocycles. The molecule has 0 aliphatic carbocycles. The Balaban J connectivity index is 1.46. The van der Waals surface area contributed by atoms with E-state index >= 15 is 0 Å². The second-order valence-corrected chi connectivity index (χ2v) is 10.4. The number of likely N-dealkylation sites (tertiary alicyclic amines) is 1. The van der Waals surface area contributed by atoms with E-state index in [1.807, 2.05) is 0 Å². The number of anilines is 2. The number of nitrogens with zero attached hydrogens (tertiary/aromatic N) is 5. The SMILES string of the molecule is CS(=O)(=O)c1ccc(Nc2ncnc(OC3CCN(C(=O)c4cccnc4Cl)CC3)c2[N+](=O)[O-])cc1. The highest BCUT2D eigenvalue weighted by Gasteiger charge is 2.30. The minimum atomic E-state index is -3.38. The lowest BCUT2D eigenvalue weighted by atomic mass is 10.1. The van der Waals surface area contributed by atoms with Crippen molar-refractivity contribution in [1.29, 1.82) is 0 Å². The largest absolute Gasteiger partial charge is 0.469 e. The molecule has 188 valence electrons. The summed E-state index contributed by atoms with van der Waals surface area (Å²) in [7, 11) is -3.38. The summed E-state index contributed by atoms with van der Waals surface area (Å²) in [5.41, 5.74) is 0.256. The van der Waals surface area contributed by atoms with Crippen LogP contribution in [0.5, 0.6) is 5.88 Å². The van der Waals surface area contributed by atoms with Crippen LogP contribution >= 0.6 is 11.6 Å². The fraction of sp³-hybridized carbons (Fsp3) is 0.273. The van der Waals surface area contributed by atoms with Gasteiger partial charge in [0.25, 0.3) is 11.8 Å². The van der Waals surface area contributed by atoms with Gasteiger partial charge in [0, 0.05) is 44.1 Å². The highest BCUT2D eigenvalue weighted by molar-refractivity contribution is 7.90. The number of amides is 1. The Morgan fingerprint density at radius 2 is 1.86 bits per heavy atom. The van der Waals surface area contributed by atoms with Gasteiger partial charge in [-0.05, 0) is 36.4 Å². The van der Waals surface area contributed by atoms with Gasteiger partial charge in [-0.3, -0.25) is 14.9 Å². The summed E-state index contributed by atoms with van der Waals surface area (Å²) in [6, 6.07) is 8.96. The number of aromatic nitrogens is 3. The Morgan fingerprint density at radius 1 is 1.17 bits per heavy atom. The monoisotopic (exact) mass is 532 g/mol. The van der Waals surface area contributed by atoms with Crippen molar-refractivity contribution in [3.05, 3.63) is 69.8 Å². The van der Waals surface area contributed by atoms with Gasteiger partial charge in [-0.2, -0.15) is 4.98 Å². The minimum absolute atomic E-state index is 0.101. The normalized spacial score (nSPS) is 14.3. The lowest BCUT2D eigenvalue weighted by Crippen LogP contribution is -2.42. The van der Waals surface area contributed by atoms with Crippen molar-refractivity contribution in [2.45, 2.75) is 23.8 Å². The quantitative estimate of drug-likeness (QED) is 0.272. The third-order valence-corrected chi connectivity index (χ3v) is 6.94. The molecular formula is C22H21ClN6O6S. The number of hydrogen-bond donors (Lipinski definition) is 1. The number of pyridine rings is 1. The number of sulfone groups is 1. The summed E-state index contributed by atoms with van der Waals surface area (Å²) in [5, 5.41) is 14.8. The summed E-state index contributed by atoms with van der Waals surface area (Å²) in [6.07, 6.45) is 4.18. The molecule has 1 aromatic carbocycles. The van der Waals surface area contributed by atoms with Gasteiger partial charge in [0.05, 0.1) is 15.4 Å². The van der Waals surface area contributed by atoms with Crippen LogP contribution in [0.15, 0.2) is 53.8 Å². The van der Waals surface area contributed by atoms with Crippen molar-refractivity contribution in [3.63, 3.8) is 0 Å². The molecule has 0 unspecified atom stereocenters. The summed E-state index contributed by atoms with van der Waals surface area (Å²) >= 11 is 6.03. The second-order valence-electron chi connectivity index (χ2n) is 8.01. The van der Waals surface area contributed by atoms with Crippen molar-refractivity contribution in [3.8, 4) is 5.88 Å². The zero-order valence-corrected chi connectivity index (χ0v) is 20.6. The number of halogens is 1. The maximum Gasteiger partial charge on any atom is 0.373 e. The Labute approximate surface area is 211 Å². The van der Waals surface area contributed by atoms with E-state index in [0.29, 0.717) is 37.2 Å². The fourth-order valence-corrected chi connectivity index (χ4v) is 4.51. The third-order valence-electron chi connectivity index (χ3n) is 5.51. The predicted octanol–water partition coefficient (Wildman–Crippen LogP) is 3.26. The van der Waals surface area contributed by atoms with Crippen LogP contribution < -0.4 is 10.1 Å². The van der Waals surface area contributed by atoms with Gasteiger partial charge in [0.2, 0.25) is 5.82 Å². The molecule has 1 amide bonds. The van der Waals surface area contributed by atoms with Gasteiger partial charge in [-0.25, -0.2) is 18.4 Å². The topological polar surface area (TPSA) is 158 Å². The van der Waals surface area contributed by atoms with Gasteiger partial charge in [0.1, 0.15) is 17.6 Å². The Morgan fingerprint density at radius 3 is 2.47 bits per heavy atom. The number of ether oxygens (including phenoxy) is 1. The first kappa shape index (κ1) is 25.3. The highest BCUT2D eigenvalue weighted by atomic mass is 35.5. The van der Waals surface area contributed by atoms with E-state index in [4.69, 9.17) is 16.3 Å². The van der Waals surface area contributed by atoms with E-state index in [0.717, 1.165) is 12.6 Å². The molecule has 4 rings (SSSR count). The second kappa shape index (κ2) is 10.4. The molecule has 1 N–H and O–H groups in total. The first-order valence-corrected chi connectivity index (χ1v) is 13.0. The Bertz CT molecular complexity index is 1390. The fourth-order valence-electron chi connectivity index (χ4n) is 3.68. The van der Waals surface area contributed by atoms with Crippen molar-refractivity contribution in [1.82, 2.24) is 19.9 Å². The molecule has 14 heteroatoms. The zero-order valence-electron chi connectivity index (χ0n) is 19.0. The third kappa shape index (κ3) is 5.69. The number of rotatable bonds is 7. The maximum atomic E-state index is 12.7. The van der Waals surface area contributed by atoms with Crippen LogP contribution in [0.1, 0.15) is 23.2 Å². The minimum Gasteiger partial charge on any atom is -0.469 e. The van der Waals surface area contributed by atoms with Gasteiger partial charge >= 0.3 is 5.69 Å². The lowest BCUT2D eigenvalue weighted by Gasteiger charge is -2.32. The van der Waals surface area contributed by atoms with E-state index in [1.54, 1.807) is 17.0 Å². The summed E-state index contributed by atoms with van der Waals surface area (Å²) in [4.78, 5) is 37.5. The van der Waals surface area contributed by atoms with Gasteiger partial charge < -0.3 is 15.0 Å². The number of carbonyl (C=O) groups excluding carboxylic acids is 1. The lowest BCUT2D eigenvalue weighted by molar-refractivity contribution is -0.385. The molecule has 3 aromatic rings. The van der Waals surface area contributed by atoms with Gasteiger partial charge in [-0.1, -0.05) is 11.6 Å². The first-order chi connectivity index (χ1) is 17.1. The molecule has 12 nitrogen and oxygen atoms in total. The number of benzene rings is 1. The van der Waals surface area contributed by atoms with Crippen LogP contribution in [0, 0.1) is 10.1 Å². The van der Waals surface area contributed by atoms with Crippen LogP contribution in [0.3, 0.4) is 0 Å². The number of piperidine rings is 1. The predicted molar refractivity (Wildman–Crippen MR) is 130 cm³/mol. The van der Waals surface area contributed by atoms with Crippen LogP contribution in [0.2, 0.25) is 5.15 Å². The molecule has 2 aromatic heterocycles. The van der Waals surface area contributed by atoms with Crippen molar-refractivity contribution >= 4 is 44.5 Å². The summed E-state index contributed by atoms with van der Waals surface area (Å²) < 4.78 is 29.2. The number of carbonyl (C=O) groups is 1. The zero-order chi connectivity index (χ0) is 25.9. The van der Waals surface area contributed by atoms with Gasteiger partial charge in [0.15, 0.2) is 9.84 Å². The molecule has 0 saturated carbocycles. The van der Waals surface area contributed by atoms with E-state index in [-0.39, 0.29) is 27.7 Å². The number of nitro groups is 1. The highest BCUT2D eigenvalue weighted by Crippen LogP contribution is 2.34. The van der Waals surface area contributed by atoms with E-state index in [2.05, 4.69) is 20.3 Å². The molecule has 1 aliphatic rings. The molecule has 1 fully saturated rings. The summed E-state index contributed by atoms with van der Waals surface area (Å²) in [6.45, 7) is 0.733. The Kier molecular flexibility index (Phi) is 7.31. The van der Waals surface area contributed by atoms with Crippen LogP contribution in [-0.2, 0) is 9.84 Å². The molecule has 0 atom stereocenters. The van der Waals surface area contributed by atoms with Crippen molar-refractivity contribution in [2.24, 2.45) is 0 Å². The molecule has 0 bridgehead atoms. The Hall–Kier alpha value is -3.84. The maximum absolute atomic E-state index is 12.7. The smallest absolute Gasteiger partial charge is 0.373 e. The van der Waals surface area contributed by atoms with Crippen LogP contribution in [-0.4, -0.2) is 64.5 Å². The molecule has 1 saturated heterocycles. The van der Waals surface area contributed by atoms with E-state index in [9.17, 15) is 23.3 Å².